The highest BCUT2D eigenvalue weighted by molar-refractivity contribution is 5.39. The van der Waals surface area contributed by atoms with Gasteiger partial charge in [0.25, 0.3) is 0 Å². The summed E-state index contributed by atoms with van der Waals surface area (Å²) in [5.41, 5.74) is 1.44. The first-order valence-electron chi connectivity index (χ1n) is 8.57. The molecule has 0 amide bonds. The number of nitrogens with one attached hydrogen (secondary N) is 1. The molecular weight excluding hydrogens is 286 g/mol. The third-order valence-corrected chi connectivity index (χ3v) is 4.37. The van der Waals surface area contributed by atoms with E-state index in [2.05, 4.69) is 62.7 Å². The van der Waals surface area contributed by atoms with Gasteiger partial charge in [0.1, 0.15) is 0 Å². The standard InChI is InChI=1S/C18H25N5/c1-2-10-19-17-14-20-22-18(21-17)23-11-8-16(9-12-23)13-15-6-4-3-5-7-15/h3-7,14,16H,2,8-13H2,1H3,(H,19,21,22). The van der Waals surface area contributed by atoms with E-state index in [1.165, 1.54) is 24.8 Å². The molecule has 1 aliphatic rings. The van der Waals surface area contributed by atoms with E-state index in [1.807, 2.05) is 0 Å². The Kier molecular flexibility index (Phi) is 5.40. The van der Waals surface area contributed by atoms with Crippen LogP contribution in [0.4, 0.5) is 11.8 Å². The first-order chi connectivity index (χ1) is 11.3. The molecule has 0 bridgehead atoms. The van der Waals surface area contributed by atoms with Crippen LogP contribution in [0.3, 0.4) is 0 Å². The summed E-state index contributed by atoms with van der Waals surface area (Å²) in [5, 5.41) is 11.6. The van der Waals surface area contributed by atoms with Crippen molar-refractivity contribution in [3.8, 4) is 0 Å². The Labute approximate surface area is 138 Å². The van der Waals surface area contributed by atoms with Gasteiger partial charge >= 0.3 is 0 Å². The number of rotatable bonds is 6. The number of hydrogen-bond donors (Lipinski definition) is 1. The van der Waals surface area contributed by atoms with Gasteiger partial charge in [0.15, 0.2) is 5.82 Å². The SMILES string of the molecule is CCCNc1cnnc(N2CCC(Cc3ccccc3)CC2)n1. The van der Waals surface area contributed by atoms with Crippen LogP contribution in [0, 0.1) is 5.92 Å². The van der Waals surface area contributed by atoms with Crippen molar-refractivity contribution in [2.24, 2.45) is 5.92 Å². The molecule has 0 atom stereocenters. The number of aromatic nitrogens is 3. The largest absolute Gasteiger partial charge is 0.369 e. The van der Waals surface area contributed by atoms with Crippen molar-refractivity contribution < 1.29 is 0 Å². The molecule has 1 aromatic heterocycles. The van der Waals surface area contributed by atoms with Crippen molar-refractivity contribution >= 4 is 11.8 Å². The lowest BCUT2D eigenvalue weighted by atomic mass is 9.90. The van der Waals surface area contributed by atoms with Crippen molar-refractivity contribution in [1.29, 1.82) is 0 Å². The number of anilines is 2. The van der Waals surface area contributed by atoms with Crippen LogP contribution >= 0.6 is 0 Å². The molecule has 1 aliphatic heterocycles. The second kappa shape index (κ2) is 7.90. The molecule has 0 saturated carbocycles. The maximum absolute atomic E-state index is 4.58. The molecule has 1 N–H and O–H groups in total. The second-order valence-corrected chi connectivity index (χ2v) is 6.19. The Morgan fingerprint density at radius 1 is 1.17 bits per heavy atom. The summed E-state index contributed by atoms with van der Waals surface area (Å²) in [7, 11) is 0. The maximum Gasteiger partial charge on any atom is 0.247 e. The highest BCUT2D eigenvalue weighted by atomic mass is 15.3. The average molecular weight is 311 g/mol. The Morgan fingerprint density at radius 3 is 2.70 bits per heavy atom. The van der Waals surface area contributed by atoms with Crippen LogP contribution in [-0.2, 0) is 6.42 Å². The van der Waals surface area contributed by atoms with Crippen LogP contribution in [0.2, 0.25) is 0 Å². The summed E-state index contributed by atoms with van der Waals surface area (Å²) in [5.74, 6) is 2.33. The quantitative estimate of drug-likeness (QED) is 0.888. The summed E-state index contributed by atoms with van der Waals surface area (Å²) in [4.78, 5) is 6.84. The van der Waals surface area contributed by atoms with Gasteiger partial charge in [0, 0.05) is 19.6 Å². The van der Waals surface area contributed by atoms with Gasteiger partial charge in [-0.3, -0.25) is 0 Å². The topological polar surface area (TPSA) is 53.9 Å². The van der Waals surface area contributed by atoms with Crippen molar-refractivity contribution in [1.82, 2.24) is 15.2 Å². The molecule has 2 heterocycles. The Morgan fingerprint density at radius 2 is 1.96 bits per heavy atom. The number of nitrogens with zero attached hydrogens (tertiary/aromatic N) is 4. The number of benzene rings is 1. The zero-order valence-corrected chi connectivity index (χ0v) is 13.8. The maximum atomic E-state index is 4.58. The fourth-order valence-corrected chi connectivity index (χ4v) is 3.05. The number of hydrogen-bond acceptors (Lipinski definition) is 5. The van der Waals surface area contributed by atoms with E-state index in [0.717, 1.165) is 43.7 Å². The van der Waals surface area contributed by atoms with Gasteiger partial charge in [0.05, 0.1) is 6.20 Å². The first-order valence-corrected chi connectivity index (χ1v) is 8.57. The molecule has 5 nitrogen and oxygen atoms in total. The Bertz CT molecular complexity index is 593. The molecule has 23 heavy (non-hydrogen) atoms. The molecule has 0 unspecified atom stereocenters. The zero-order valence-electron chi connectivity index (χ0n) is 13.8. The molecule has 0 aliphatic carbocycles. The van der Waals surface area contributed by atoms with Crippen molar-refractivity contribution in [2.45, 2.75) is 32.6 Å². The van der Waals surface area contributed by atoms with Gasteiger partial charge in [-0.05, 0) is 37.2 Å². The fourth-order valence-electron chi connectivity index (χ4n) is 3.05. The van der Waals surface area contributed by atoms with Crippen LogP contribution < -0.4 is 10.2 Å². The van der Waals surface area contributed by atoms with E-state index in [9.17, 15) is 0 Å². The molecule has 0 radical (unpaired) electrons. The minimum absolute atomic E-state index is 0.753. The van der Waals surface area contributed by atoms with E-state index in [-0.39, 0.29) is 0 Å². The van der Waals surface area contributed by atoms with Crippen molar-refractivity contribution in [3.05, 3.63) is 42.1 Å². The monoisotopic (exact) mass is 311 g/mol. The summed E-state index contributed by atoms with van der Waals surface area (Å²) >= 11 is 0. The van der Waals surface area contributed by atoms with E-state index < -0.39 is 0 Å². The third-order valence-electron chi connectivity index (χ3n) is 4.37. The highest BCUT2D eigenvalue weighted by Gasteiger charge is 2.21. The molecular formula is C18H25N5. The van der Waals surface area contributed by atoms with Gasteiger partial charge in [-0.25, -0.2) is 0 Å². The third kappa shape index (κ3) is 4.41. The minimum Gasteiger partial charge on any atom is -0.369 e. The summed E-state index contributed by atoms with van der Waals surface area (Å²) in [6.45, 7) is 5.07. The summed E-state index contributed by atoms with van der Waals surface area (Å²) in [6.07, 6.45) is 6.31. The van der Waals surface area contributed by atoms with E-state index in [0.29, 0.717) is 0 Å². The summed E-state index contributed by atoms with van der Waals surface area (Å²) < 4.78 is 0. The molecule has 2 aromatic rings. The average Bonchev–Trinajstić information content (AvgIpc) is 2.62. The van der Waals surface area contributed by atoms with E-state index >= 15 is 0 Å². The van der Waals surface area contributed by atoms with Gasteiger partial charge in [0.2, 0.25) is 5.95 Å². The van der Waals surface area contributed by atoms with Gasteiger partial charge in [-0.1, -0.05) is 37.3 Å². The lowest BCUT2D eigenvalue weighted by Gasteiger charge is -2.31. The van der Waals surface area contributed by atoms with Crippen LogP contribution in [0.15, 0.2) is 36.5 Å². The highest BCUT2D eigenvalue weighted by Crippen LogP contribution is 2.24. The molecule has 1 saturated heterocycles. The fraction of sp³-hybridized carbons (Fsp3) is 0.500. The lowest BCUT2D eigenvalue weighted by Crippen LogP contribution is -2.35. The van der Waals surface area contributed by atoms with Gasteiger partial charge in [-0.15, -0.1) is 5.10 Å². The van der Waals surface area contributed by atoms with Crippen LogP contribution in [0.25, 0.3) is 0 Å². The molecule has 122 valence electrons. The Balaban J connectivity index is 1.54. The molecule has 5 heteroatoms. The van der Waals surface area contributed by atoms with Gasteiger partial charge < -0.3 is 10.2 Å². The predicted octanol–water partition coefficient (Wildman–Crippen LogP) is 3.15. The smallest absolute Gasteiger partial charge is 0.247 e. The zero-order chi connectivity index (χ0) is 15.9. The summed E-state index contributed by atoms with van der Waals surface area (Å²) in [6, 6.07) is 10.8. The Hall–Kier alpha value is -2.17. The van der Waals surface area contributed by atoms with Crippen molar-refractivity contribution in [2.75, 3.05) is 29.9 Å². The van der Waals surface area contributed by atoms with Crippen LogP contribution in [0.5, 0.6) is 0 Å². The predicted molar refractivity (Wildman–Crippen MR) is 93.7 cm³/mol. The second-order valence-electron chi connectivity index (χ2n) is 6.19. The number of piperidine rings is 1. The van der Waals surface area contributed by atoms with Crippen molar-refractivity contribution in [3.63, 3.8) is 0 Å². The normalized spacial score (nSPS) is 15.6. The molecule has 0 spiro atoms. The van der Waals surface area contributed by atoms with Gasteiger partial charge in [-0.2, -0.15) is 10.1 Å². The lowest BCUT2D eigenvalue weighted by molar-refractivity contribution is 0.400. The van der Waals surface area contributed by atoms with Crippen LogP contribution in [0.1, 0.15) is 31.7 Å². The molecule has 1 aromatic carbocycles. The van der Waals surface area contributed by atoms with Crippen LogP contribution in [-0.4, -0.2) is 34.8 Å². The molecule has 1 fully saturated rings. The molecule has 3 rings (SSSR count). The van der Waals surface area contributed by atoms with E-state index in [4.69, 9.17) is 0 Å². The first kappa shape index (κ1) is 15.7. The van der Waals surface area contributed by atoms with E-state index in [1.54, 1.807) is 6.20 Å². The minimum atomic E-state index is 0.753.